The van der Waals surface area contributed by atoms with Gasteiger partial charge in [-0.1, -0.05) is 42.5 Å². The van der Waals surface area contributed by atoms with Crippen LogP contribution in [0.5, 0.6) is 0 Å². The minimum absolute atomic E-state index is 0.402. The highest BCUT2D eigenvalue weighted by Crippen LogP contribution is 2.27. The van der Waals surface area contributed by atoms with Crippen molar-refractivity contribution in [1.29, 1.82) is 5.26 Å². The van der Waals surface area contributed by atoms with Crippen LogP contribution in [-0.2, 0) is 0 Å². The Labute approximate surface area is 99.9 Å². The van der Waals surface area contributed by atoms with E-state index in [0.717, 1.165) is 16.8 Å². The third-order valence-corrected chi connectivity index (χ3v) is 2.77. The first-order valence-corrected chi connectivity index (χ1v) is 5.39. The Hall–Kier alpha value is -1.79. The molecule has 3 heteroatoms. The summed E-state index contributed by atoms with van der Waals surface area (Å²) >= 11 is 5.13. The molecule has 0 amide bonds. The van der Waals surface area contributed by atoms with Crippen LogP contribution in [0.4, 0.5) is 0 Å². The quantitative estimate of drug-likeness (QED) is 0.690. The average molecular weight is 226 g/mol. The molecule has 78 valence electrons. The van der Waals surface area contributed by atoms with E-state index in [0.29, 0.717) is 4.99 Å². The molecule has 1 atom stereocenters. The summed E-state index contributed by atoms with van der Waals surface area (Å²) in [5.41, 5.74) is 2.83. The molecule has 1 aliphatic heterocycles. The van der Waals surface area contributed by atoms with E-state index in [1.54, 1.807) is 0 Å². The van der Waals surface area contributed by atoms with Gasteiger partial charge in [-0.25, -0.2) is 4.99 Å². The highest BCUT2D eigenvalue weighted by Gasteiger charge is 2.23. The molecule has 1 aromatic rings. The highest BCUT2D eigenvalue weighted by molar-refractivity contribution is 7.80. The van der Waals surface area contributed by atoms with Crippen LogP contribution in [0.3, 0.4) is 0 Å². The molecule has 0 spiro atoms. The third kappa shape index (κ3) is 1.93. The molecule has 0 saturated heterocycles. The van der Waals surface area contributed by atoms with Gasteiger partial charge in [0, 0.05) is 5.71 Å². The lowest BCUT2D eigenvalue weighted by Gasteiger charge is -2.17. The largest absolute Gasteiger partial charge is 0.245 e. The maximum atomic E-state index is 9.13. The van der Waals surface area contributed by atoms with E-state index >= 15 is 0 Å². The molecule has 2 nitrogen and oxygen atoms in total. The third-order valence-electron chi connectivity index (χ3n) is 2.45. The number of dihydropyridines is 1. The van der Waals surface area contributed by atoms with Crippen molar-refractivity contribution in [3.05, 3.63) is 42.0 Å². The van der Waals surface area contributed by atoms with Crippen molar-refractivity contribution in [2.75, 3.05) is 0 Å². The van der Waals surface area contributed by atoms with Gasteiger partial charge >= 0.3 is 0 Å². The van der Waals surface area contributed by atoms with Gasteiger partial charge in [0.2, 0.25) is 0 Å². The van der Waals surface area contributed by atoms with E-state index in [4.69, 9.17) is 17.5 Å². The summed E-state index contributed by atoms with van der Waals surface area (Å²) in [4.78, 5) is 4.62. The number of nitriles is 1. The van der Waals surface area contributed by atoms with Crippen molar-refractivity contribution in [3.63, 3.8) is 0 Å². The van der Waals surface area contributed by atoms with Crippen LogP contribution in [0.15, 0.2) is 41.4 Å². The van der Waals surface area contributed by atoms with Crippen molar-refractivity contribution in [1.82, 2.24) is 0 Å². The van der Waals surface area contributed by atoms with Crippen molar-refractivity contribution in [2.45, 2.75) is 6.92 Å². The van der Waals surface area contributed by atoms with Crippen LogP contribution in [0.1, 0.15) is 12.5 Å². The number of hydrogen-bond donors (Lipinski definition) is 0. The summed E-state index contributed by atoms with van der Waals surface area (Å²) in [6.07, 6.45) is 1.93. The van der Waals surface area contributed by atoms with Crippen molar-refractivity contribution in [3.8, 4) is 6.07 Å². The number of rotatable bonds is 1. The number of allylic oxidation sites excluding steroid dienone is 1. The first kappa shape index (κ1) is 10.7. The normalized spacial score (nSPS) is 19.8. The van der Waals surface area contributed by atoms with E-state index in [2.05, 4.69) is 11.1 Å². The smallest absolute Gasteiger partial charge is 0.125 e. The molecule has 0 aliphatic carbocycles. The SMILES string of the molecule is CC1=NC(=S)C(C#N)C(c2ccccc2)=C1. The lowest BCUT2D eigenvalue weighted by molar-refractivity contribution is 1.16. The second kappa shape index (κ2) is 4.38. The molecule has 2 rings (SSSR count). The topological polar surface area (TPSA) is 36.1 Å². The zero-order chi connectivity index (χ0) is 11.5. The molecule has 1 aromatic carbocycles. The van der Waals surface area contributed by atoms with Crippen LogP contribution in [0.2, 0.25) is 0 Å². The second-order valence-electron chi connectivity index (χ2n) is 3.62. The van der Waals surface area contributed by atoms with E-state index in [1.165, 1.54) is 0 Å². The van der Waals surface area contributed by atoms with Crippen molar-refractivity contribution in [2.24, 2.45) is 10.9 Å². The maximum absolute atomic E-state index is 9.13. The molecule has 0 fully saturated rings. The zero-order valence-corrected chi connectivity index (χ0v) is 9.66. The number of aliphatic imine (C=N–C) groups is 1. The Morgan fingerprint density at radius 2 is 2.00 bits per heavy atom. The molecule has 0 radical (unpaired) electrons. The molecular formula is C13H10N2S. The van der Waals surface area contributed by atoms with Gasteiger partial charge in [-0.3, -0.25) is 0 Å². The van der Waals surface area contributed by atoms with Gasteiger partial charge in [0.1, 0.15) is 10.9 Å². The Morgan fingerprint density at radius 3 is 2.62 bits per heavy atom. The van der Waals surface area contributed by atoms with Crippen molar-refractivity contribution >= 4 is 28.5 Å². The van der Waals surface area contributed by atoms with Gasteiger partial charge in [-0.05, 0) is 24.1 Å². The molecule has 1 heterocycles. The summed E-state index contributed by atoms with van der Waals surface area (Å²) in [5.74, 6) is -0.402. The first-order chi connectivity index (χ1) is 7.72. The fourth-order valence-electron chi connectivity index (χ4n) is 1.72. The predicted octanol–water partition coefficient (Wildman–Crippen LogP) is 3.01. The van der Waals surface area contributed by atoms with Gasteiger partial charge in [-0.2, -0.15) is 5.26 Å². The van der Waals surface area contributed by atoms with Crippen LogP contribution < -0.4 is 0 Å². The summed E-state index contributed by atoms with van der Waals surface area (Å²) in [7, 11) is 0. The Balaban J connectivity index is 2.51. The van der Waals surface area contributed by atoms with Crippen molar-refractivity contribution < 1.29 is 0 Å². The number of benzene rings is 1. The lowest BCUT2D eigenvalue weighted by atomic mass is 9.90. The first-order valence-electron chi connectivity index (χ1n) is 4.98. The van der Waals surface area contributed by atoms with Gasteiger partial charge < -0.3 is 0 Å². The Bertz CT molecular complexity index is 521. The maximum Gasteiger partial charge on any atom is 0.125 e. The van der Waals surface area contributed by atoms with Crippen LogP contribution in [-0.4, -0.2) is 10.7 Å². The minimum Gasteiger partial charge on any atom is -0.245 e. The van der Waals surface area contributed by atoms with E-state index in [1.807, 2.05) is 43.3 Å². The minimum atomic E-state index is -0.402. The Morgan fingerprint density at radius 1 is 1.31 bits per heavy atom. The number of nitrogens with zero attached hydrogens (tertiary/aromatic N) is 2. The fraction of sp³-hybridized carbons (Fsp3) is 0.154. The number of hydrogen-bond acceptors (Lipinski definition) is 2. The van der Waals surface area contributed by atoms with Gasteiger partial charge in [0.15, 0.2) is 0 Å². The predicted molar refractivity (Wildman–Crippen MR) is 69.2 cm³/mol. The van der Waals surface area contributed by atoms with Crippen LogP contribution in [0, 0.1) is 17.2 Å². The van der Waals surface area contributed by atoms with Gasteiger partial charge in [-0.15, -0.1) is 0 Å². The average Bonchev–Trinajstić information content (AvgIpc) is 2.29. The summed E-state index contributed by atoms with van der Waals surface area (Å²) in [6, 6.07) is 12.0. The molecule has 0 aromatic heterocycles. The van der Waals surface area contributed by atoms with Gasteiger partial charge in [0.05, 0.1) is 6.07 Å². The molecule has 1 unspecified atom stereocenters. The molecule has 16 heavy (non-hydrogen) atoms. The zero-order valence-electron chi connectivity index (χ0n) is 8.84. The molecule has 0 bridgehead atoms. The van der Waals surface area contributed by atoms with E-state index < -0.39 is 5.92 Å². The van der Waals surface area contributed by atoms with E-state index in [9.17, 15) is 0 Å². The van der Waals surface area contributed by atoms with Crippen LogP contribution in [0.25, 0.3) is 5.57 Å². The second-order valence-corrected chi connectivity index (χ2v) is 4.04. The van der Waals surface area contributed by atoms with Crippen LogP contribution >= 0.6 is 12.2 Å². The monoisotopic (exact) mass is 226 g/mol. The molecular weight excluding hydrogens is 216 g/mol. The molecule has 0 N–H and O–H groups in total. The standard InChI is InChI=1S/C13H10N2S/c1-9-7-11(10-5-3-2-4-6-10)12(8-14)13(16)15-9/h2-7,12H,1H3. The summed E-state index contributed by atoms with van der Waals surface area (Å²) in [6.45, 7) is 1.89. The fourth-order valence-corrected chi connectivity index (χ4v) is 2.04. The summed E-state index contributed by atoms with van der Waals surface area (Å²) in [5, 5.41) is 9.13. The Kier molecular flexibility index (Phi) is 2.93. The van der Waals surface area contributed by atoms with Gasteiger partial charge in [0.25, 0.3) is 0 Å². The van der Waals surface area contributed by atoms with E-state index in [-0.39, 0.29) is 0 Å². The lowest BCUT2D eigenvalue weighted by Crippen LogP contribution is -2.16. The number of thiocarbonyl (C=S) groups is 1. The molecule has 1 aliphatic rings. The highest BCUT2D eigenvalue weighted by atomic mass is 32.1. The molecule has 0 saturated carbocycles. The summed E-state index contributed by atoms with van der Waals surface area (Å²) < 4.78 is 0.